The first-order valence-corrected chi connectivity index (χ1v) is 8.73. The van der Waals surface area contributed by atoms with Gasteiger partial charge in [-0.25, -0.2) is 9.97 Å². The summed E-state index contributed by atoms with van der Waals surface area (Å²) in [5, 5.41) is 2.81. The number of rotatable bonds is 8. The first-order chi connectivity index (χ1) is 12.1. The summed E-state index contributed by atoms with van der Waals surface area (Å²) in [6.45, 7) is 6.93. The molecule has 2 rings (SSSR count). The molecule has 1 aromatic carbocycles. The van der Waals surface area contributed by atoms with Crippen molar-refractivity contribution in [3.8, 4) is 17.0 Å². The van der Waals surface area contributed by atoms with Crippen molar-refractivity contribution in [1.29, 1.82) is 0 Å². The van der Waals surface area contributed by atoms with Crippen molar-refractivity contribution in [3.63, 3.8) is 0 Å². The molecule has 0 bridgehead atoms. The molecule has 3 N–H and O–H groups in total. The summed E-state index contributed by atoms with van der Waals surface area (Å²) in [4.78, 5) is 21.0. The molecule has 0 aliphatic carbocycles. The van der Waals surface area contributed by atoms with Crippen molar-refractivity contribution in [2.75, 3.05) is 18.9 Å². The van der Waals surface area contributed by atoms with Gasteiger partial charge >= 0.3 is 0 Å². The third kappa shape index (κ3) is 4.68. The molecular formula is C19H26N4O2. The molecule has 0 spiro atoms. The number of anilines is 1. The Balaban J connectivity index is 2.45. The lowest BCUT2D eigenvalue weighted by molar-refractivity contribution is 0.0955. The summed E-state index contributed by atoms with van der Waals surface area (Å²) in [5.74, 6) is 0.624. The number of unbranched alkanes of at least 4 members (excludes halogenated alkanes) is 2. The van der Waals surface area contributed by atoms with Gasteiger partial charge in [-0.15, -0.1) is 0 Å². The van der Waals surface area contributed by atoms with E-state index in [1.54, 1.807) is 6.92 Å². The van der Waals surface area contributed by atoms with Crippen LogP contribution >= 0.6 is 0 Å². The van der Waals surface area contributed by atoms with Crippen LogP contribution in [-0.2, 0) is 0 Å². The molecule has 1 heterocycles. The summed E-state index contributed by atoms with van der Waals surface area (Å²) in [5.41, 5.74) is 8.07. The molecule has 1 aromatic heterocycles. The van der Waals surface area contributed by atoms with Gasteiger partial charge in [-0.2, -0.15) is 0 Å². The molecular weight excluding hydrogens is 316 g/mol. The van der Waals surface area contributed by atoms with Gasteiger partial charge < -0.3 is 15.8 Å². The molecule has 0 saturated heterocycles. The van der Waals surface area contributed by atoms with Crippen molar-refractivity contribution < 1.29 is 9.53 Å². The number of carbonyl (C=O) groups excluding carboxylic acids is 1. The average molecular weight is 342 g/mol. The van der Waals surface area contributed by atoms with Gasteiger partial charge in [0.15, 0.2) is 0 Å². The number of hydrogen-bond acceptors (Lipinski definition) is 5. The second-order valence-electron chi connectivity index (χ2n) is 5.80. The standard InChI is InChI=1S/C19H26N4O2/c1-4-6-9-12-25-15-11-8-7-10-14(15)17-16(18(24)21-5-2)13(3)22-19(20)23-17/h7-8,10-11H,4-6,9,12H2,1-3H3,(H,21,24)(H2,20,22,23). The largest absolute Gasteiger partial charge is 0.493 e. The lowest BCUT2D eigenvalue weighted by Gasteiger charge is -2.15. The smallest absolute Gasteiger partial charge is 0.255 e. The fourth-order valence-corrected chi connectivity index (χ4v) is 2.63. The molecule has 0 radical (unpaired) electrons. The van der Waals surface area contributed by atoms with Crippen LogP contribution in [0.5, 0.6) is 5.75 Å². The number of nitrogens with two attached hydrogens (primary N) is 1. The number of para-hydroxylation sites is 1. The molecule has 2 aromatic rings. The Kier molecular flexibility index (Phi) is 6.74. The fraction of sp³-hybridized carbons (Fsp3) is 0.421. The summed E-state index contributed by atoms with van der Waals surface area (Å²) < 4.78 is 5.94. The van der Waals surface area contributed by atoms with E-state index < -0.39 is 0 Å². The minimum Gasteiger partial charge on any atom is -0.493 e. The number of aryl methyl sites for hydroxylation is 1. The van der Waals surface area contributed by atoms with Crippen molar-refractivity contribution in [3.05, 3.63) is 35.5 Å². The summed E-state index contributed by atoms with van der Waals surface area (Å²) >= 11 is 0. The Morgan fingerprint density at radius 1 is 1.20 bits per heavy atom. The minimum absolute atomic E-state index is 0.140. The molecule has 0 unspecified atom stereocenters. The second-order valence-corrected chi connectivity index (χ2v) is 5.80. The Morgan fingerprint density at radius 2 is 1.96 bits per heavy atom. The number of hydrogen-bond donors (Lipinski definition) is 2. The molecule has 1 amide bonds. The van der Waals surface area contributed by atoms with E-state index in [1.165, 1.54) is 0 Å². The maximum atomic E-state index is 12.5. The molecule has 6 heteroatoms. The molecule has 0 atom stereocenters. The van der Waals surface area contributed by atoms with Gasteiger partial charge in [0.25, 0.3) is 5.91 Å². The lowest BCUT2D eigenvalue weighted by Crippen LogP contribution is -2.25. The number of benzene rings is 1. The highest BCUT2D eigenvalue weighted by atomic mass is 16.5. The van der Waals surface area contributed by atoms with Crippen LogP contribution in [0.25, 0.3) is 11.3 Å². The van der Waals surface area contributed by atoms with Gasteiger partial charge in [0, 0.05) is 12.1 Å². The minimum atomic E-state index is -0.212. The highest BCUT2D eigenvalue weighted by Crippen LogP contribution is 2.32. The van der Waals surface area contributed by atoms with Crippen LogP contribution in [-0.4, -0.2) is 29.0 Å². The summed E-state index contributed by atoms with van der Waals surface area (Å²) in [6.07, 6.45) is 3.23. The Hall–Kier alpha value is -2.63. The molecule has 25 heavy (non-hydrogen) atoms. The van der Waals surface area contributed by atoms with E-state index in [0.717, 1.165) is 24.8 Å². The summed E-state index contributed by atoms with van der Waals surface area (Å²) in [7, 11) is 0. The van der Waals surface area contributed by atoms with Gasteiger partial charge in [0.1, 0.15) is 5.75 Å². The van der Waals surface area contributed by atoms with E-state index in [2.05, 4.69) is 22.2 Å². The predicted molar refractivity (Wildman–Crippen MR) is 99.6 cm³/mol. The zero-order valence-electron chi connectivity index (χ0n) is 15.1. The number of amides is 1. The molecule has 0 aliphatic heterocycles. The maximum absolute atomic E-state index is 12.5. The zero-order valence-corrected chi connectivity index (χ0v) is 15.1. The molecule has 0 saturated carbocycles. The van der Waals surface area contributed by atoms with Gasteiger partial charge in [-0.05, 0) is 32.4 Å². The van der Waals surface area contributed by atoms with Crippen LogP contribution < -0.4 is 15.8 Å². The van der Waals surface area contributed by atoms with Gasteiger partial charge in [-0.1, -0.05) is 31.9 Å². The Labute approximate surface area is 148 Å². The van der Waals surface area contributed by atoms with E-state index in [9.17, 15) is 4.79 Å². The van der Waals surface area contributed by atoms with Crippen LogP contribution in [0.4, 0.5) is 5.95 Å². The molecule has 6 nitrogen and oxygen atoms in total. The normalized spacial score (nSPS) is 10.5. The van der Waals surface area contributed by atoms with Crippen LogP contribution in [0, 0.1) is 6.92 Å². The number of aromatic nitrogens is 2. The monoisotopic (exact) mass is 342 g/mol. The van der Waals surface area contributed by atoms with E-state index >= 15 is 0 Å². The SMILES string of the molecule is CCCCCOc1ccccc1-c1nc(N)nc(C)c1C(=O)NCC. The van der Waals surface area contributed by atoms with Crippen LogP contribution in [0.1, 0.15) is 49.2 Å². The van der Waals surface area contributed by atoms with Crippen molar-refractivity contribution in [2.24, 2.45) is 0 Å². The van der Waals surface area contributed by atoms with E-state index in [0.29, 0.717) is 35.9 Å². The number of nitrogens with zero attached hydrogens (tertiary/aromatic N) is 2. The predicted octanol–water partition coefficient (Wildman–Crippen LogP) is 3.35. The number of nitrogen functional groups attached to an aromatic ring is 1. The topological polar surface area (TPSA) is 90.1 Å². The van der Waals surface area contributed by atoms with E-state index in [4.69, 9.17) is 10.5 Å². The first-order valence-electron chi connectivity index (χ1n) is 8.73. The van der Waals surface area contributed by atoms with E-state index in [1.807, 2.05) is 31.2 Å². The average Bonchev–Trinajstić information content (AvgIpc) is 2.58. The molecule has 0 fully saturated rings. The van der Waals surface area contributed by atoms with Gasteiger partial charge in [0.2, 0.25) is 5.95 Å². The Bertz CT molecular complexity index is 731. The summed E-state index contributed by atoms with van der Waals surface area (Å²) in [6, 6.07) is 7.57. The van der Waals surface area contributed by atoms with Crippen LogP contribution in [0.2, 0.25) is 0 Å². The first kappa shape index (κ1) is 18.7. The lowest BCUT2D eigenvalue weighted by atomic mass is 10.0. The van der Waals surface area contributed by atoms with E-state index in [-0.39, 0.29) is 11.9 Å². The van der Waals surface area contributed by atoms with Crippen molar-refractivity contribution in [1.82, 2.24) is 15.3 Å². The number of ether oxygens (including phenoxy) is 1. The number of carbonyl (C=O) groups is 1. The number of nitrogens with one attached hydrogen (secondary N) is 1. The van der Waals surface area contributed by atoms with Crippen molar-refractivity contribution >= 4 is 11.9 Å². The Morgan fingerprint density at radius 3 is 2.68 bits per heavy atom. The van der Waals surface area contributed by atoms with Gasteiger partial charge in [0.05, 0.1) is 23.6 Å². The third-order valence-electron chi connectivity index (χ3n) is 3.82. The highest BCUT2D eigenvalue weighted by molar-refractivity contribution is 6.01. The van der Waals surface area contributed by atoms with Crippen LogP contribution in [0.15, 0.2) is 24.3 Å². The molecule has 0 aliphatic rings. The quantitative estimate of drug-likeness (QED) is 0.718. The molecule has 134 valence electrons. The van der Waals surface area contributed by atoms with Crippen LogP contribution in [0.3, 0.4) is 0 Å². The fourth-order valence-electron chi connectivity index (χ4n) is 2.63. The highest BCUT2D eigenvalue weighted by Gasteiger charge is 2.21. The third-order valence-corrected chi connectivity index (χ3v) is 3.82. The van der Waals surface area contributed by atoms with Crippen molar-refractivity contribution in [2.45, 2.75) is 40.0 Å². The maximum Gasteiger partial charge on any atom is 0.255 e. The zero-order chi connectivity index (χ0) is 18.2. The second kappa shape index (κ2) is 9.01. The van der Waals surface area contributed by atoms with Gasteiger partial charge in [-0.3, -0.25) is 4.79 Å².